The summed E-state index contributed by atoms with van der Waals surface area (Å²) in [6, 6.07) is 14.1. The second-order valence-corrected chi connectivity index (χ2v) is 6.75. The molecule has 2 heterocycles. The molecule has 132 valence electrons. The number of benzene rings is 1. The van der Waals surface area contributed by atoms with Crippen LogP contribution >= 0.6 is 0 Å². The Labute approximate surface area is 149 Å². The monoisotopic (exact) mass is 338 g/mol. The van der Waals surface area contributed by atoms with Crippen molar-refractivity contribution in [3.05, 3.63) is 65.6 Å². The van der Waals surface area contributed by atoms with Crippen molar-refractivity contribution < 1.29 is 9.21 Å². The van der Waals surface area contributed by atoms with Crippen LogP contribution in [-0.2, 0) is 11.3 Å². The van der Waals surface area contributed by atoms with Crippen LogP contribution in [0, 0.1) is 5.92 Å². The third-order valence-electron chi connectivity index (χ3n) is 4.66. The second kappa shape index (κ2) is 8.67. The number of hydrogen-bond donors (Lipinski definition) is 1. The molecule has 1 amide bonds. The van der Waals surface area contributed by atoms with Crippen molar-refractivity contribution >= 4 is 12.0 Å². The highest BCUT2D eigenvalue weighted by Crippen LogP contribution is 2.19. The molecule has 25 heavy (non-hydrogen) atoms. The quantitative estimate of drug-likeness (QED) is 0.873. The summed E-state index contributed by atoms with van der Waals surface area (Å²) >= 11 is 0. The summed E-state index contributed by atoms with van der Waals surface area (Å²) in [5.41, 5.74) is 2.60. The number of nitrogens with zero attached hydrogens (tertiary/aromatic N) is 1. The van der Waals surface area contributed by atoms with Gasteiger partial charge in [-0.05, 0) is 50.6 Å². The van der Waals surface area contributed by atoms with Gasteiger partial charge < -0.3 is 9.73 Å². The lowest BCUT2D eigenvalue weighted by molar-refractivity contribution is -0.126. The highest BCUT2D eigenvalue weighted by Gasteiger charge is 2.24. The fourth-order valence-corrected chi connectivity index (χ4v) is 3.32. The number of carbonyl (C=O) groups is 1. The van der Waals surface area contributed by atoms with Gasteiger partial charge >= 0.3 is 0 Å². The molecule has 0 radical (unpaired) electrons. The zero-order valence-electron chi connectivity index (χ0n) is 14.8. The van der Waals surface area contributed by atoms with Crippen LogP contribution in [0.25, 0.3) is 6.08 Å². The fourth-order valence-electron chi connectivity index (χ4n) is 3.32. The standard InChI is InChI=1S/C21H26N2O2/c1-17(14-18-6-3-2-4-7-18)16-23-11-9-19(10-12-23)21(24)22-15-20-8-5-13-25-20/h2-8,13-14,19H,9-12,15-16H2,1H3,(H,22,24). The summed E-state index contributed by atoms with van der Waals surface area (Å²) in [6.45, 7) is 5.56. The van der Waals surface area contributed by atoms with Crippen molar-refractivity contribution in [1.82, 2.24) is 10.2 Å². The summed E-state index contributed by atoms with van der Waals surface area (Å²) in [6.07, 6.45) is 5.71. The van der Waals surface area contributed by atoms with Gasteiger partial charge in [0.15, 0.2) is 0 Å². The number of hydrogen-bond acceptors (Lipinski definition) is 3. The summed E-state index contributed by atoms with van der Waals surface area (Å²) in [7, 11) is 0. The van der Waals surface area contributed by atoms with Gasteiger partial charge in [-0.2, -0.15) is 0 Å². The van der Waals surface area contributed by atoms with Crippen molar-refractivity contribution in [3.8, 4) is 0 Å². The van der Waals surface area contributed by atoms with Gasteiger partial charge in [0.25, 0.3) is 0 Å². The lowest BCUT2D eigenvalue weighted by Gasteiger charge is -2.31. The first-order valence-corrected chi connectivity index (χ1v) is 8.95. The first kappa shape index (κ1) is 17.5. The minimum absolute atomic E-state index is 0.115. The van der Waals surface area contributed by atoms with Crippen molar-refractivity contribution in [2.45, 2.75) is 26.3 Å². The van der Waals surface area contributed by atoms with Crippen LogP contribution in [0.4, 0.5) is 0 Å². The van der Waals surface area contributed by atoms with Crippen LogP contribution in [0.1, 0.15) is 31.1 Å². The number of carbonyl (C=O) groups excluding carboxylic acids is 1. The lowest BCUT2D eigenvalue weighted by Crippen LogP contribution is -2.40. The summed E-state index contributed by atoms with van der Waals surface area (Å²) < 4.78 is 5.25. The number of rotatable bonds is 6. The number of likely N-dealkylation sites (tertiary alicyclic amines) is 1. The topological polar surface area (TPSA) is 45.5 Å². The normalized spacial score (nSPS) is 16.8. The largest absolute Gasteiger partial charge is 0.467 e. The molecule has 4 heteroatoms. The Morgan fingerprint density at radius 3 is 2.64 bits per heavy atom. The molecule has 1 N–H and O–H groups in total. The number of furan rings is 1. The fraction of sp³-hybridized carbons (Fsp3) is 0.381. The molecule has 4 nitrogen and oxygen atoms in total. The molecule has 0 bridgehead atoms. The minimum Gasteiger partial charge on any atom is -0.467 e. The maximum atomic E-state index is 12.3. The van der Waals surface area contributed by atoms with Crippen LogP contribution < -0.4 is 5.32 Å². The lowest BCUT2D eigenvalue weighted by atomic mass is 9.95. The van der Waals surface area contributed by atoms with Crippen molar-refractivity contribution in [3.63, 3.8) is 0 Å². The van der Waals surface area contributed by atoms with E-state index in [4.69, 9.17) is 4.42 Å². The van der Waals surface area contributed by atoms with Crippen LogP contribution in [0.15, 0.2) is 58.7 Å². The summed E-state index contributed by atoms with van der Waals surface area (Å²) in [5, 5.41) is 2.98. The number of nitrogens with one attached hydrogen (secondary N) is 1. The molecule has 0 atom stereocenters. The van der Waals surface area contributed by atoms with Gasteiger partial charge in [0, 0.05) is 12.5 Å². The van der Waals surface area contributed by atoms with E-state index in [0.29, 0.717) is 6.54 Å². The zero-order chi connectivity index (χ0) is 17.5. The molecule has 0 spiro atoms. The first-order chi connectivity index (χ1) is 12.2. The molecule has 1 aromatic heterocycles. The average Bonchev–Trinajstić information content (AvgIpc) is 3.14. The molecule has 1 saturated heterocycles. The Hall–Kier alpha value is -2.33. The predicted molar refractivity (Wildman–Crippen MR) is 99.8 cm³/mol. The van der Waals surface area contributed by atoms with Gasteiger partial charge in [-0.15, -0.1) is 0 Å². The van der Waals surface area contributed by atoms with Crippen LogP contribution in [0.5, 0.6) is 0 Å². The number of amides is 1. The van der Waals surface area contributed by atoms with E-state index < -0.39 is 0 Å². The summed E-state index contributed by atoms with van der Waals surface area (Å²) in [5.74, 6) is 1.06. The molecule has 1 aliphatic heterocycles. The SMILES string of the molecule is CC(=Cc1ccccc1)CN1CCC(C(=O)NCc2ccco2)CC1. The highest BCUT2D eigenvalue weighted by atomic mass is 16.3. The van der Waals surface area contributed by atoms with Gasteiger partial charge in [0.1, 0.15) is 5.76 Å². The van der Waals surface area contributed by atoms with Crippen molar-refractivity contribution in [2.75, 3.05) is 19.6 Å². The van der Waals surface area contributed by atoms with Gasteiger partial charge in [-0.1, -0.05) is 42.0 Å². The van der Waals surface area contributed by atoms with Gasteiger partial charge in [0.2, 0.25) is 5.91 Å². The van der Waals surface area contributed by atoms with Crippen LogP contribution in [0.3, 0.4) is 0 Å². The van der Waals surface area contributed by atoms with Crippen molar-refractivity contribution in [2.24, 2.45) is 5.92 Å². The molecule has 1 aromatic carbocycles. The molecule has 3 rings (SSSR count). The Balaban J connectivity index is 1.42. The van der Waals surface area contributed by atoms with E-state index in [0.717, 1.165) is 38.2 Å². The molecular weight excluding hydrogens is 312 g/mol. The van der Waals surface area contributed by atoms with Gasteiger partial charge in [-0.25, -0.2) is 0 Å². The zero-order valence-corrected chi connectivity index (χ0v) is 14.8. The average molecular weight is 338 g/mol. The van der Waals surface area contributed by atoms with E-state index in [2.05, 4.69) is 47.5 Å². The van der Waals surface area contributed by atoms with E-state index in [1.165, 1.54) is 11.1 Å². The third-order valence-corrected chi connectivity index (χ3v) is 4.66. The first-order valence-electron chi connectivity index (χ1n) is 8.95. The Morgan fingerprint density at radius 1 is 1.20 bits per heavy atom. The number of piperidine rings is 1. The van der Waals surface area contributed by atoms with E-state index in [9.17, 15) is 4.79 Å². The van der Waals surface area contributed by atoms with E-state index in [-0.39, 0.29) is 11.8 Å². The Bertz CT molecular complexity index is 684. The summed E-state index contributed by atoms with van der Waals surface area (Å²) in [4.78, 5) is 14.7. The molecule has 1 aliphatic rings. The Morgan fingerprint density at radius 2 is 1.96 bits per heavy atom. The molecular formula is C21H26N2O2. The maximum absolute atomic E-state index is 12.3. The second-order valence-electron chi connectivity index (χ2n) is 6.75. The molecule has 1 fully saturated rings. The minimum atomic E-state index is 0.115. The Kier molecular flexibility index (Phi) is 6.07. The van der Waals surface area contributed by atoms with E-state index >= 15 is 0 Å². The highest BCUT2D eigenvalue weighted by molar-refractivity contribution is 5.78. The molecule has 0 unspecified atom stereocenters. The van der Waals surface area contributed by atoms with E-state index in [1.54, 1.807) is 6.26 Å². The predicted octanol–water partition coefficient (Wildman–Crippen LogP) is 3.71. The third kappa shape index (κ3) is 5.33. The maximum Gasteiger partial charge on any atom is 0.223 e. The van der Waals surface area contributed by atoms with Gasteiger partial charge in [-0.3, -0.25) is 9.69 Å². The molecule has 2 aromatic rings. The van der Waals surface area contributed by atoms with E-state index in [1.807, 2.05) is 18.2 Å². The van der Waals surface area contributed by atoms with Gasteiger partial charge in [0.05, 0.1) is 12.8 Å². The van der Waals surface area contributed by atoms with Crippen LogP contribution in [0.2, 0.25) is 0 Å². The van der Waals surface area contributed by atoms with Crippen molar-refractivity contribution in [1.29, 1.82) is 0 Å². The molecule has 0 saturated carbocycles. The smallest absolute Gasteiger partial charge is 0.223 e. The van der Waals surface area contributed by atoms with Crippen LogP contribution in [-0.4, -0.2) is 30.4 Å². The molecule has 0 aliphatic carbocycles.